The maximum atomic E-state index is 12.6. The quantitative estimate of drug-likeness (QED) is 0.871. The highest BCUT2D eigenvalue weighted by atomic mass is 35.5. The molecule has 0 spiro atoms. The van der Waals surface area contributed by atoms with Crippen molar-refractivity contribution in [3.05, 3.63) is 50.9 Å². The number of amides is 1. The van der Waals surface area contributed by atoms with Crippen molar-refractivity contribution in [3.8, 4) is 0 Å². The fourth-order valence-electron chi connectivity index (χ4n) is 3.26. The zero-order valence-electron chi connectivity index (χ0n) is 12.9. The Balaban J connectivity index is 1.66. The molecular formula is C17H18ClN3OS. The van der Waals surface area contributed by atoms with Crippen molar-refractivity contribution in [2.24, 2.45) is 0 Å². The van der Waals surface area contributed by atoms with Crippen LogP contribution < -0.4 is 10.6 Å². The average Bonchev–Trinajstić information content (AvgIpc) is 2.93. The molecule has 120 valence electrons. The Morgan fingerprint density at radius 1 is 1.30 bits per heavy atom. The van der Waals surface area contributed by atoms with Gasteiger partial charge in [-0.1, -0.05) is 30.7 Å². The predicted molar refractivity (Wildman–Crippen MR) is 94.3 cm³/mol. The van der Waals surface area contributed by atoms with Gasteiger partial charge in [0, 0.05) is 23.0 Å². The molecule has 1 aromatic heterocycles. The van der Waals surface area contributed by atoms with Gasteiger partial charge in [-0.3, -0.25) is 9.69 Å². The Kier molecular flexibility index (Phi) is 3.79. The fourth-order valence-corrected chi connectivity index (χ4v) is 4.70. The first-order valence-corrected chi connectivity index (χ1v) is 9.05. The minimum Gasteiger partial charge on any atom is -0.353 e. The molecule has 2 N–H and O–H groups in total. The van der Waals surface area contributed by atoms with Crippen molar-refractivity contribution in [1.82, 2.24) is 10.2 Å². The fraction of sp³-hybridized carbons (Fsp3) is 0.353. The van der Waals surface area contributed by atoms with Gasteiger partial charge in [-0.05, 0) is 36.2 Å². The Bertz CT molecular complexity index is 756. The summed E-state index contributed by atoms with van der Waals surface area (Å²) in [5, 5.41) is 8.24. The van der Waals surface area contributed by atoms with Crippen LogP contribution in [0.2, 0.25) is 5.02 Å². The minimum atomic E-state index is -0.199. The number of halogens is 1. The van der Waals surface area contributed by atoms with Crippen LogP contribution in [-0.4, -0.2) is 23.9 Å². The zero-order chi connectivity index (χ0) is 16.0. The number of anilines is 1. The third-order valence-electron chi connectivity index (χ3n) is 4.56. The lowest BCUT2D eigenvalue weighted by molar-refractivity contribution is 0.0934. The summed E-state index contributed by atoms with van der Waals surface area (Å²) in [4.78, 5) is 16.4. The summed E-state index contributed by atoms with van der Waals surface area (Å²) < 4.78 is 0. The van der Waals surface area contributed by atoms with Crippen LogP contribution in [0.4, 0.5) is 5.00 Å². The first-order valence-electron chi connectivity index (χ1n) is 7.85. The molecule has 6 heteroatoms. The lowest BCUT2D eigenvalue weighted by Crippen LogP contribution is -2.38. The number of benzene rings is 1. The number of fused-ring (bicyclic) bond motifs is 3. The SMILES string of the molecule is CCN1CCc2c(sc3c2C(=O)NC(c2ccc(Cl)cc2)N3)C1. The molecule has 1 amide bonds. The Labute approximate surface area is 144 Å². The molecule has 1 aromatic carbocycles. The van der Waals surface area contributed by atoms with E-state index in [-0.39, 0.29) is 12.1 Å². The normalized spacial score (nSPS) is 20.4. The predicted octanol–water partition coefficient (Wildman–Crippen LogP) is 3.63. The highest BCUT2D eigenvalue weighted by Crippen LogP contribution is 2.40. The summed E-state index contributed by atoms with van der Waals surface area (Å²) in [5.41, 5.74) is 3.09. The van der Waals surface area contributed by atoms with E-state index in [9.17, 15) is 4.79 Å². The van der Waals surface area contributed by atoms with Gasteiger partial charge < -0.3 is 10.6 Å². The van der Waals surface area contributed by atoms with Gasteiger partial charge in [0.1, 0.15) is 11.2 Å². The van der Waals surface area contributed by atoms with E-state index in [0.29, 0.717) is 5.02 Å². The minimum absolute atomic E-state index is 0.0288. The molecule has 2 aromatic rings. The second-order valence-electron chi connectivity index (χ2n) is 5.93. The summed E-state index contributed by atoms with van der Waals surface area (Å²) in [6, 6.07) is 7.58. The molecule has 4 rings (SSSR count). The van der Waals surface area contributed by atoms with Crippen molar-refractivity contribution in [2.45, 2.75) is 26.1 Å². The van der Waals surface area contributed by atoms with Gasteiger partial charge in [0.05, 0.1) is 5.56 Å². The highest BCUT2D eigenvalue weighted by Gasteiger charge is 2.32. The lowest BCUT2D eigenvalue weighted by Gasteiger charge is -2.28. The van der Waals surface area contributed by atoms with Crippen molar-refractivity contribution in [1.29, 1.82) is 0 Å². The van der Waals surface area contributed by atoms with Gasteiger partial charge in [-0.2, -0.15) is 0 Å². The van der Waals surface area contributed by atoms with Crippen molar-refractivity contribution >= 4 is 33.8 Å². The highest BCUT2D eigenvalue weighted by molar-refractivity contribution is 7.16. The molecule has 0 saturated carbocycles. The second-order valence-corrected chi connectivity index (χ2v) is 7.47. The number of nitrogens with zero attached hydrogens (tertiary/aromatic N) is 1. The smallest absolute Gasteiger partial charge is 0.256 e. The molecular weight excluding hydrogens is 330 g/mol. The van der Waals surface area contributed by atoms with Gasteiger partial charge in [-0.15, -0.1) is 11.3 Å². The first kappa shape index (κ1) is 15.0. The standard InChI is InChI=1S/C17H18ClN3OS/c1-2-21-8-7-12-13(9-21)23-17-14(12)16(22)19-15(20-17)10-3-5-11(18)6-4-10/h3-6,15,20H,2,7-9H2,1H3,(H,19,22). The third kappa shape index (κ3) is 2.63. The van der Waals surface area contributed by atoms with Gasteiger partial charge in [0.25, 0.3) is 5.91 Å². The van der Waals surface area contributed by atoms with Crippen molar-refractivity contribution in [3.63, 3.8) is 0 Å². The van der Waals surface area contributed by atoms with Crippen LogP contribution in [0.15, 0.2) is 24.3 Å². The molecule has 0 saturated heterocycles. The van der Waals surface area contributed by atoms with Gasteiger partial charge in [-0.25, -0.2) is 0 Å². The van der Waals surface area contributed by atoms with Crippen molar-refractivity contribution < 1.29 is 4.79 Å². The maximum Gasteiger partial charge on any atom is 0.256 e. The van der Waals surface area contributed by atoms with E-state index in [1.165, 1.54) is 10.4 Å². The molecule has 23 heavy (non-hydrogen) atoms. The third-order valence-corrected chi connectivity index (χ3v) is 5.96. The number of carbonyl (C=O) groups excluding carboxylic acids is 1. The van der Waals surface area contributed by atoms with Crippen molar-refractivity contribution in [2.75, 3.05) is 18.4 Å². The van der Waals surface area contributed by atoms with E-state index in [1.807, 2.05) is 24.3 Å². The Morgan fingerprint density at radius 2 is 2.09 bits per heavy atom. The number of likely N-dealkylation sites (N-methyl/N-ethyl adjacent to an activating group) is 1. The van der Waals surface area contributed by atoms with E-state index < -0.39 is 0 Å². The van der Waals surface area contributed by atoms with E-state index in [0.717, 1.165) is 42.2 Å². The topological polar surface area (TPSA) is 44.4 Å². The molecule has 2 aliphatic heterocycles. The van der Waals surface area contributed by atoms with Crippen LogP contribution in [0.5, 0.6) is 0 Å². The molecule has 2 aliphatic rings. The summed E-state index contributed by atoms with van der Waals surface area (Å²) >= 11 is 7.67. The number of hydrogen-bond acceptors (Lipinski definition) is 4. The number of nitrogens with one attached hydrogen (secondary N) is 2. The molecule has 0 radical (unpaired) electrons. The van der Waals surface area contributed by atoms with Crippen LogP contribution in [0, 0.1) is 0 Å². The number of rotatable bonds is 2. The Hall–Kier alpha value is -1.56. The molecule has 0 fully saturated rings. The van der Waals surface area contributed by atoms with E-state index in [4.69, 9.17) is 11.6 Å². The molecule has 0 aliphatic carbocycles. The summed E-state index contributed by atoms with van der Waals surface area (Å²) in [6.07, 6.45) is 0.755. The molecule has 1 unspecified atom stereocenters. The molecule has 3 heterocycles. The van der Waals surface area contributed by atoms with E-state index >= 15 is 0 Å². The average molecular weight is 348 g/mol. The molecule has 1 atom stereocenters. The second kappa shape index (κ2) is 5.82. The molecule has 0 bridgehead atoms. The number of carbonyl (C=O) groups is 1. The summed E-state index contributed by atoms with van der Waals surface area (Å²) in [7, 11) is 0. The largest absolute Gasteiger partial charge is 0.353 e. The monoisotopic (exact) mass is 347 g/mol. The number of thiophene rings is 1. The van der Waals surface area contributed by atoms with E-state index in [2.05, 4.69) is 22.5 Å². The first-order chi connectivity index (χ1) is 11.2. The van der Waals surface area contributed by atoms with E-state index in [1.54, 1.807) is 11.3 Å². The van der Waals surface area contributed by atoms with Crippen LogP contribution in [0.25, 0.3) is 0 Å². The van der Waals surface area contributed by atoms with Gasteiger partial charge in [0.2, 0.25) is 0 Å². The van der Waals surface area contributed by atoms with Gasteiger partial charge >= 0.3 is 0 Å². The zero-order valence-corrected chi connectivity index (χ0v) is 14.4. The van der Waals surface area contributed by atoms with Crippen LogP contribution in [-0.2, 0) is 13.0 Å². The summed E-state index contributed by atoms with van der Waals surface area (Å²) in [6.45, 7) is 5.21. The summed E-state index contributed by atoms with van der Waals surface area (Å²) in [5.74, 6) is 0.0288. The van der Waals surface area contributed by atoms with Crippen LogP contribution >= 0.6 is 22.9 Å². The molecule has 4 nitrogen and oxygen atoms in total. The van der Waals surface area contributed by atoms with Gasteiger partial charge in [0.15, 0.2) is 0 Å². The lowest BCUT2D eigenvalue weighted by atomic mass is 10.0. The maximum absolute atomic E-state index is 12.6. The number of hydrogen-bond donors (Lipinski definition) is 2. The van der Waals surface area contributed by atoms with Crippen LogP contribution in [0.3, 0.4) is 0 Å². The Morgan fingerprint density at radius 3 is 2.83 bits per heavy atom. The van der Waals surface area contributed by atoms with Crippen LogP contribution in [0.1, 0.15) is 39.5 Å².